The van der Waals surface area contributed by atoms with Crippen LogP contribution in [0.4, 0.5) is 5.69 Å². The first kappa shape index (κ1) is 25.3. The van der Waals surface area contributed by atoms with Crippen molar-refractivity contribution in [2.45, 2.75) is 26.8 Å². The van der Waals surface area contributed by atoms with Crippen molar-refractivity contribution in [1.29, 1.82) is 0 Å². The number of thiophene rings is 1. The van der Waals surface area contributed by atoms with Gasteiger partial charge in [0.15, 0.2) is 0 Å². The molecule has 186 valence electrons. The molecule has 0 bridgehead atoms. The molecule has 1 aromatic carbocycles. The molecule has 3 heterocycles. The van der Waals surface area contributed by atoms with Crippen LogP contribution in [0, 0.1) is 13.8 Å². The highest BCUT2D eigenvalue weighted by molar-refractivity contribution is 7.20. The van der Waals surface area contributed by atoms with Crippen molar-refractivity contribution in [3.63, 3.8) is 0 Å². The Morgan fingerprint density at radius 1 is 1.26 bits per heavy atom. The Hall–Kier alpha value is -2.79. The van der Waals surface area contributed by atoms with E-state index in [-0.39, 0.29) is 23.9 Å². The molecule has 3 aromatic rings. The average Bonchev–Trinajstić information content (AvgIpc) is 3.18. The summed E-state index contributed by atoms with van der Waals surface area (Å²) in [5.41, 5.74) is 1.68. The topological polar surface area (TPSA) is 107 Å². The number of carbonyl (C=O) groups is 2. The highest BCUT2D eigenvalue weighted by Gasteiger charge is 2.20. The Labute approximate surface area is 212 Å². The number of aromatic nitrogens is 2. The molecular weight excluding hydrogens is 490 g/mol. The number of anilines is 1. The van der Waals surface area contributed by atoms with E-state index in [0.717, 1.165) is 44.8 Å². The number of hydrogen-bond donors (Lipinski definition) is 3. The fourth-order valence-corrected chi connectivity index (χ4v) is 5.28. The zero-order valence-electron chi connectivity index (χ0n) is 19.8. The van der Waals surface area contributed by atoms with Crippen molar-refractivity contribution < 1.29 is 19.2 Å². The number of fused-ring (bicyclic) bond motifs is 1. The van der Waals surface area contributed by atoms with Gasteiger partial charge in [-0.3, -0.25) is 19.0 Å². The summed E-state index contributed by atoms with van der Waals surface area (Å²) >= 11 is 7.31. The van der Waals surface area contributed by atoms with Gasteiger partial charge in [-0.1, -0.05) is 17.7 Å². The number of nitrogens with one attached hydrogen (secondary N) is 3. The summed E-state index contributed by atoms with van der Waals surface area (Å²) in [6.07, 6.45) is 2.21. The first-order chi connectivity index (χ1) is 16.8. The molecule has 1 fully saturated rings. The summed E-state index contributed by atoms with van der Waals surface area (Å²) in [5.74, 6) is -0.580. The van der Waals surface area contributed by atoms with Gasteiger partial charge in [0.25, 0.3) is 11.5 Å². The van der Waals surface area contributed by atoms with Crippen LogP contribution >= 0.6 is 22.9 Å². The van der Waals surface area contributed by atoms with E-state index in [4.69, 9.17) is 16.3 Å². The number of aryl methyl sites for hydroxylation is 2. The van der Waals surface area contributed by atoms with Crippen LogP contribution in [0.1, 0.15) is 27.2 Å². The van der Waals surface area contributed by atoms with Crippen LogP contribution in [0.25, 0.3) is 10.2 Å². The lowest BCUT2D eigenvalue weighted by atomic mass is 10.2. The third-order valence-electron chi connectivity index (χ3n) is 6.09. The van der Waals surface area contributed by atoms with E-state index in [9.17, 15) is 14.4 Å². The second-order valence-corrected chi connectivity index (χ2v) is 10.1. The molecule has 0 saturated carbocycles. The molecule has 2 aromatic heterocycles. The predicted molar refractivity (Wildman–Crippen MR) is 137 cm³/mol. The second kappa shape index (κ2) is 11.3. The number of amides is 2. The van der Waals surface area contributed by atoms with Gasteiger partial charge >= 0.3 is 0 Å². The van der Waals surface area contributed by atoms with E-state index in [1.807, 2.05) is 13.0 Å². The third kappa shape index (κ3) is 6.07. The van der Waals surface area contributed by atoms with Crippen molar-refractivity contribution in [2.75, 3.05) is 44.7 Å². The quantitative estimate of drug-likeness (QED) is 0.391. The monoisotopic (exact) mass is 518 g/mol. The van der Waals surface area contributed by atoms with Gasteiger partial charge < -0.3 is 20.3 Å². The number of ether oxygens (including phenoxy) is 1. The maximum Gasteiger partial charge on any atom is 0.262 e. The number of rotatable bonds is 8. The van der Waals surface area contributed by atoms with E-state index < -0.39 is 0 Å². The predicted octanol–water partition coefficient (Wildman–Crippen LogP) is 1.40. The Balaban J connectivity index is 1.40. The molecule has 11 heteroatoms. The highest BCUT2D eigenvalue weighted by Crippen LogP contribution is 2.26. The van der Waals surface area contributed by atoms with Crippen LogP contribution in [0.2, 0.25) is 5.02 Å². The van der Waals surface area contributed by atoms with Gasteiger partial charge in [-0.05, 0) is 37.1 Å². The summed E-state index contributed by atoms with van der Waals surface area (Å²) in [7, 11) is 0. The van der Waals surface area contributed by atoms with Crippen LogP contribution < -0.4 is 21.1 Å². The van der Waals surface area contributed by atoms with E-state index in [1.54, 1.807) is 19.1 Å². The van der Waals surface area contributed by atoms with Crippen LogP contribution in [0.3, 0.4) is 0 Å². The molecule has 3 N–H and O–H groups in total. The molecule has 2 amide bonds. The van der Waals surface area contributed by atoms with Gasteiger partial charge in [0, 0.05) is 23.7 Å². The van der Waals surface area contributed by atoms with Gasteiger partial charge in [0.2, 0.25) is 5.91 Å². The number of carbonyl (C=O) groups excluding carboxylic acids is 2. The first-order valence-electron chi connectivity index (χ1n) is 11.6. The van der Waals surface area contributed by atoms with Gasteiger partial charge in [-0.15, -0.1) is 11.3 Å². The van der Waals surface area contributed by atoms with Gasteiger partial charge in [0.1, 0.15) is 24.5 Å². The standard InChI is InChI=1S/C24H28ClN5O4S/c1-15-4-5-17(12-18(15)25)28-19(31)13-30-14-27-23-20(24(30)33)16(2)21(35-23)22(32)26-6-3-7-29-8-10-34-11-9-29/h4-5,12,14H,3,6-11,13H2,1-2H3,(H,26,32)(H,28,31)/p+1. The zero-order valence-corrected chi connectivity index (χ0v) is 21.4. The lowest BCUT2D eigenvalue weighted by Crippen LogP contribution is -3.14. The number of morpholine rings is 1. The Bertz CT molecular complexity index is 1300. The first-order valence-corrected chi connectivity index (χ1v) is 12.8. The number of hydrogen-bond acceptors (Lipinski definition) is 6. The summed E-state index contributed by atoms with van der Waals surface area (Å²) in [4.78, 5) is 45.2. The Morgan fingerprint density at radius 2 is 2.03 bits per heavy atom. The molecule has 1 saturated heterocycles. The number of nitrogens with zero attached hydrogens (tertiary/aromatic N) is 2. The molecule has 0 atom stereocenters. The fraction of sp³-hybridized carbons (Fsp3) is 0.417. The van der Waals surface area contributed by atoms with Crippen LogP contribution in [0.5, 0.6) is 0 Å². The Kier molecular flexibility index (Phi) is 8.17. The number of benzene rings is 1. The molecule has 0 spiro atoms. The van der Waals surface area contributed by atoms with E-state index in [0.29, 0.717) is 37.9 Å². The van der Waals surface area contributed by atoms with Crippen molar-refractivity contribution >= 4 is 50.7 Å². The summed E-state index contributed by atoms with van der Waals surface area (Å²) in [6, 6.07) is 5.22. The maximum absolute atomic E-state index is 13.1. The molecule has 4 rings (SSSR count). The second-order valence-electron chi connectivity index (χ2n) is 8.65. The van der Waals surface area contributed by atoms with E-state index >= 15 is 0 Å². The van der Waals surface area contributed by atoms with Crippen LogP contribution in [-0.4, -0.2) is 60.8 Å². The minimum Gasteiger partial charge on any atom is -0.370 e. The van der Waals surface area contributed by atoms with Crippen molar-refractivity contribution in [1.82, 2.24) is 14.9 Å². The molecule has 0 aliphatic carbocycles. The fourth-order valence-electron chi connectivity index (χ4n) is 4.04. The smallest absolute Gasteiger partial charge is 0.262 e. The van der Waals surface area contributed by atoms with E-state index in [1.165, 1.54) is 27.1 Å². The molecule has 0 unspecified atom stereocenters. The minimum absolute atomic E-state index is 0.200. The van der Waals surface area contributed by atoms with Gasteiger partial charge in [-0.25, -0.2) is 4.98 Å². The van der Waals surface area contributed by atoms with E-state index in [2.05, 4.69) is 15.6 Å². The average molecular weight is 519 g/mol. The number of halogens is 1. The normalized spacial score (nSPS) is 14.3. The van der Waals surface area contributed by atoms with Crippen molar-refractivity contribution in [2.24, 2.45) is 0 Å². The summed E-state index contributed by atoms with van der Waals surface area (Å²) < 4.78 is 6.62. The molecule has 0 radical (unpaired) electrons. The molecule has 35 heavy (non-hydrogen) atoms. The minimum atomic E-state index is -0.374. The number of quaternary nitrogens is 1. The SMILES string of the molecule is Cc1ccc(NC(=O)Cn2cnc3sc(C(=O)NCCC[NH+]4CCOCC4)c(C)c3c2=O)cc1Cl. The third-order valence-corrected chi connectivity index (χ3v) is 7.69. The zero-order chi connectivity index (χ0) is 24.9. The van der Waals surface area contributed by atoms with Gasteiger partial charge in [0.05, 0.1) is 36.3 Å². The summed E-state index contributed by atoms with van der Waals surface area (Å²) in [5, 5.41) is 6.61. The lowest BCUT2D eigenvalue weighted by Gasteiger charge is -2.23. The van der Waals surface area contributed by atoms with Crippen LogP contribution in [0.15, 0.2) is 29.3 Å². The molecule has 1 aliphatic rings. The van der Waals surface area contributed by atoms with Crippen molar-refractivity contribution in [3.05, 3.63) is 55.9 Å². The highest BCUT2D eigenvalue weighted by atomic mass is 35.5. The molecule has 9 nitrogen and oxygen atoms in total. The van der Waals surface area contributed by atoms with Gasteiger partial charge in [-0.2, -0.15) is 0 Å². The maximum atomic E-state index is 13.1. The summed E-state index contributed by atoms with van der Waals surface area (Å²) in [6.45, 7) is 8.54. The Morgan fingerprint density at radius 3 is 2.77 bits per heavy atom. The largest absolute Gasteiger partial charge is 0.370 e. The van der Waals surface area contributed by atoms with Crippen molar-refractivity contribution in [3.8, 4) is 0 Å². The lowest BCUT2D eigenvalue weighted by molar-refractivity contribution is -0.908. The molecule has 1 aliphatic heterocycles. The molecular formula is C24H29ClN5O4S+. The van der Waals surface area contributed by atoms with Crippen LogP contribution in [-0.2, 0) is 16.1 Å².